The lowest BCUT2D eigenvalue weighted by Gasteiger charge is -2.17. The van der Waals surface area contributed by atoms with Gasteiger partial charge in [0.1, 0.15) is 6.61 Å². The van der Waals surface area contributed by atoms with E-state index in [1.54, 1.807) is 6.20 Å². The molecule has 3 nitrogen and oxygen atoms in total. The minimum atomic E-state index is 0.00612. The van der Waals surface area contributed by atoms with Gasteiger partial charge in [-0.15, -0.1) is 0 Å². The summed E-state index contributed by atoms with van der Waals surface area (Å²) in [7, 11) is 0. The average molecular weight is 286 g/mol. The summed E-state index contributed by atoms with van der Waals surface area (Å²) in [6.45, 7) is 0.648. The standard InChI is InChI=1S/C9H7IN2O/c1-2-6-7-4-10-12-8(7)5-13-9(6)11-3-1/h1-4,12H,5H2. The van der Waals surface area contributed by atoms with E-state index in [0.717, 1.165) is 11.4 Å². The van der Waals surface area contributed by atoms with E-state index in [1.165, 1.54) is 11.3 Å². The van der Waals surface area contributed by atoms with Crippen molar-refractivity contribution < 1.29 is 4.74 Å². The monoisotopic (exact) mass is 286 g/mol. The Labute approximate surface area is 85.9 Å². The molecule has 0 radical (unpaired) electrons. The minimum Gasteiger partial charge on any atom is -0.471 e. The fourth-order valence-corrected chi connectivity index (χ4v) is 3.44. The summed E-state index contributed by atoms with van der Waals surface area (Å²) in [6, 6.07) is 4.01. The van der Waals surface area contributed by atoms with Crippen LogP contribution in [0.1, 0.15) is 5.56 Å². The molecule has 4 heteroatoms. The molecule has 0 fully saturated rings. The minimum absolute atomic E-state index is 0.00612. The first-order chi connectivity index (χ1) is 6.45. The number of rotatable bonds is 0. The van der Waals surface area contributed by atoms with Crippen LogP contribution in [0.25, 0.3) is 5.57 Å². The maximum Gasteiger partial charge on any atom is 0.221 e. The van der Waals surface area contributed by atoms with E-state index in [-0.39, 0.29) is 21.0 Å². The molecule has 2 aliphatic rings. The first-order valence-electron chi connectivity index (χ1n) is 3.98. The molecule has 0 unspecified atom stereocenters. The van der Waals surface area contributed by atoms with Crippen molar-refractivity contribution in [1.29, 1.82) is 0 Å². The van der Waals surface area contributed by atoms with Crippen LogP contribution in [0.5, 0.6) is 5.88 Å². The zero-order valence-electron chi connectivity index (χ0n) is 6.75. The Morgan fingerprint density at radius 2 is 2.54 bits per heavy atom. The lowest BCUT2D eigenvalue weighted by Crippen LogP contribution is -2.15. The summed E-state index contributed by atoms with van der Waals surface area (Å²) in [5.41, 5.74) is 3.67. The van der Waals surface area contributed by atoms with Gasteiger partial charge >= 0.3 is 0 Å². The van der Waals surface area contributed by atoms with Gasteiger partial charge < -0.3 is 8.27 Å². The molecule has 1 N–H and O–H groups in total. The smallest absolute Gasteiger partial charge is 0.221 e. The second kappa shape index (κ2) is 2.80. The van der Waals surface area contributed by atoms with Crippen molar-refractivity contribution in [3.05, 3.63) is 29.6 Å². The molecule has 66 valence electrons. The summed E-state index contributed by atoms with van der Waals surface area (Å²) in [6.07, 6.45) is 1.77. The fraction of sp³-hybridized carbons (Fsp3) is 0.111. The zero-order chi connectivity index (χ0) is 8.67. The Kier molecular flexibility index (Phi) is 1.61. The molecule has 0 atom stereocenters. The Bertz CT molecular complexity index is 425. The van der Waals surface area contributed by atoms with Crippen molar-refractivity contribution in [2.45, 2.75) is 0 Å². The van der Waals surface area contributed by atoms with Gasteiger partial charge in [-0.2, -0.15) is 0 Å². The van der Waals surface area contributed by atoms with Crippen molar-refractivity contribution in [2.24, 2.45) is 0 Å². The van der Waals surface area contributed by atoms with Crippen LogP contribution in [-0.4, -0.2) is 15.6 Å². The van der Waals surface area contributed by atoms with E-state index in [0.29, 0.717) is 6.61 Å². The van der Waals surface area contributed by atoms with E-state index in [2.05, 4.69) is 18.6 Å². The van der Waals surface area contributed by atoms with E-state index in [1.807, 2.05) is 6.07 Å². The van der Waals surface area contributed by atoms with Crippen molar-refractivity contribution in [3.63, 3.8) is 0 Å². The third-order valence-corrected chi connectivity index (χ3v) is 3.97. The van der Waals surface area contributed by atoms with Crippen LogP contribution in [0.2, 0.25) is 0 Å². The summed E-state index contributed by atoms with van der Waals surface area (Å²) >= 11 is 0.00612. The highest BCUT2D eigenvalue weighted by molar-refractivity contribution is 14.2. The Hall–Kier alpha value is -0.910. The van der Waals surface area contributed by atoms with Crippen molar-refractivity contribution in [1.82, 2.24) is 8.51 Å². The van der Waals surface area contributed by atoms with Gasteiger partial charge in [-0.1, -0.05) is 0 Å². The molecule has 0 bridgehead atoms. The number of halogens is 1. The predicted octanol–water partition coefficient (Wildman–Crippen LogP) is 1.48. The van der Waals surface area contributed by atoms with Crippen LogP contribution >= 0.6 is 21.0 Å². The quantitative estimate of drug-likeness (QED) is 0.579. The Balaban J connectivity index is 2.23. The Morgan fingerprint density at radius 3 is 3.54 bits per heavy atom. The first-order valence-corrected chi connectivity index (χ1v) is 6.30. The van der Waals surface area contributed by atoms with Crippen LogP contribution < -0.4 is 8.27 Å². The molecule has 2 aliphatic heterocycles. The number of pyridine rings is 1. The van der Waals surface area contributed by atoms with E-state index in [9.17, 15) is 0 Å². The SMILES string of the molecule is C1=INC2=C1c1cccnc1OC2. The highest BCUT2D eigenvalue weighted by Gasteiger charge is 2.21. The van der Waals surface area contributed by atoms with E-state index < -0.39 is 0 Å². The van der Waals surface area contributed by atoms with Gasteiger partial charge in [0.15, 0.2) is 0 Å². The molecule has 13 heavy (non-hydrogen) atoms. The second-order valence-electron chi connectivity index (χ2n) is 2.85. The topological polar surface area (TPSA) is 34.2 Å². The van der Waals surface area contributed by atoms with Crippen LogP contribution in [0.3, 0.4) is 0 Å². The number of nitrogens with zero attached hydrogens (tertiary/aromatic N) is 1. The molecule has 0 saturated heterocycles. The normalized spacial score (nSPS) is 18.2. The maximum atomic E-state index is 5.50. The number of ether oxygens (including phenoxy) is 1. The molecule has 1 aromatic rings. The number of aromatic nitrogens is 1. The molecule has 0 spiro atoms. The van der Waals surface area contributed by atoms with Gasteiger partial charge in [0.05, 0.1) is 5.70 Å². The van der Waals surface area contributed by atoms with Gasteiger partial charge in [-0.3, -0.25) is 0 Å². The largest absolute Gasteiger partial charge is 0.471 e. The summed E-state index contributed by atoms with van der Waals surface area (Å²) < 4.78 is 11.2. The highest BCUT2D eigenvalue weighted by Crippen LogP contribution is 2.32. The Morgan fingerprint density at radius 1 is 1.54 bits per heavy atom. The summed E-state index contributed by atoms with van der Waals surface area (Å²) in [5, 5.41) is 0. The molecular weight excluding hydrogens is 279 g/mol. The molecule has 3 rings (SSSR count). The molecular formula is C9H7IN2O. The molecule has 0 amide bonds. The lowest BCUT2D eigenvalue weighted by atomic mass is 10.1. The van der Waals surface area contributed by atoms with E-state index >= 15 is 0 Å². The fourth-order valence-electron chi connectivity index (χ4n) is 1.44. The van der Waals surface area contributed by atoms with Crippen molar-refractivity contribution >= 4 is 30.6 Å². The van der Waals surface area contributed by atoms with Gasteiger partial charge in [-0.05, 0) is 37.1 Å². The van der Waals surface area contributed by atoms with Crippen LogP contribution in [0.4, 0.5) is 0 Å². The van der Waals surface area contributed by atoms with Gasteiger partial charge in [-0.25, -0.2) is 4.98 Å². The number of nitrogens with one attached hydrogen (secondary N) is 1. The van der Waals surface area contributed by atoms with Crippen LogP contribution in [-0.2, 0) is 0 Å². The lowest BCUT2D eigenvalue weighted by molar-refractivity contribution is 0.330. The van der Waals surface area contributed by atoms with E-state index in [4.69, 9.17) is 4.74 Å². The number of allylic oxidation sites excluding steroid dienone is 1. The van der Waals surface area contributed by atoms with Gasteiger partial charge in [0.2, 0.25) is 5.88 Å². The van der Waals surface area contributed by atoms with Gasteiger partial charge in [0, 0.05) is 17.3 Å². The third-order valence-electron chi connectivity index (χ3n) is 2.07. The number of hydrogen-bond donors (Lipinski definition) is 1. The summed E-state index contributed by atoms with van der Waals surface area (Å²) in [5.74, 6) is 0.769. The van der Waals surface area contributed by atoms with Crippen molar-refractivity contribution in [2.75, 3.05) is 6.61 Å². The van der Waals surface area contributed by atoms with Crippen molar-refractivity contribution in [3.8, 4) is 5.88 Å². The average Bonchev–Trinajstić information content (AvgIpc) is 2.65. The molecule has 1 aromatic heterocycles. The number of hydrogen-bond acceptors (Lipinski definition) is 3. The van der Waals surface area contributed by atoms with Crippen LogP contribution in [0.15, 0.2) is 24.0 Å². The zero-order valence-corrected chi connectivity index (χ0v) is 8.91. The second-order valence-corrected chi connectivity index (χ2v) is 4.63. The predicted molar refractivity (Wildman–Crippen MR) is 59.9 cm³/mol. The maximum absolute atomic E-state index is 5.50. The molecule has 0 saturated carbocycles. The highest BCUT2D eigenvalue weighted by atomic mass is 127. The third kappa shape index (κ3) is 1.08. The number of fused-ring (bicyclic) bond motifs is 2. The molecule has 0 aliphatic carbocycles. The van der Waals surface area contributed by atoms with Gasteiger partial charge in [0.25, 0.3) is 0 Å². The van der Waals surface area contributed by atoms with Crippen LogP contribution in [0, 0.1) is 0 Å². The molecule has 3 heterocycles. The summed E-state index contributed by atoms with van der Waals surface area (Å²) in [4.78, 5) is 4.19. The molecule has 0 aromatic carbocycles. The first kappa shape index (κ1) is 7.49.